The Morgan fingerprint density at radius 1 is 1.00 bits per heavy atom. The van der Waals surface area contributed by atoms with Crippen molar-refractivity contribution in [2.45, 2.75) is 71.6 Å². The molecule has 1 heteroatoms. The Morgan fingerprint density at radius 2 is 1.77 bits per heavy atom. The van der Waals surface area contributed by atoms with Crippen LogP contribution in [-0.4, -0.2) is 5.11 Å². The van der Waals surface area contributed by atoms with Crippen LogP contribution in [0.4, 0.5) is 0 Å². The smallest absolute Gasteiger partial charge is 0.115 e. The van der Waals surface area contributed by atoms with Crippen LogP contribution in [0.3, 0.4) is 0 Å². The first-order valence-electron chi connectivity index (χ1n) is 9.10. The van der Waals surface area contributed by atoms with E-state index >= 15 is 0 Å². The van der Waals surface area contributed by atoms with Crippen molar-refractivity contribution in [1.29, 1.82) is 0 Å². The molecular formula is C21H30O. The van der Waals surface area contributed by atoms with E-state index in [0.29, 0.717) is 22.0 Å². The van der Waals surface area contributed by atoms with E-state index in [1.54, 1.807) is 0 Å². The molecule has 0 radical (unpaired) electrons. The van der Waals surface area contributed by atoms with Gasteiger partial charge in [-0.25, -0.2) is 0 Å². The van der Waals surface area contributed by atoms with E-state index in [-0.39, 0.29) is 0 Å². The predicted octanol–water partition coefficient (Wildman–Crippen LogP) is 5.45. The van der Waals surface area contributed by atoms with Crippen molar-refractivity contribution in [2.24, 2.45) is 22.7 Å². The molecule has 4 rings (SSSR count). The molecule has 4 atom stereocenters. The summed E-state index contributed by atoms with van der Waals surface area (Å²) >= 11 is 0. The quantitative estimate of drug-likeness (QED) is 0.675. The van der Waals surface area contributed by atoms with E-state index < -0.39 is 0 Å². The molecule has 3 aliphatic carbocycles. The summed E-state index contributed by atoms with van der Waals surface area (Å²) in [4.78, 5) is 0. The van der Waals surface area contributed by atoms with E-state index in [1.807, 2.05) is 12.1 Å². The number of aromatic hydroxyl groups is 1. The summed E-state index contributed by atoms with van der Waals surface area (Å²) in [6.07, 6.45) is 8.03. The van der Waals surface area contributed by atoms with Crippen LogP contribution in [-0.2, 0) is 11.8 Å². The first-order chi connectivity index (χ1) is 10.3. The zero-order valence-corrected chi connectivity index (χ0v) is 14.6. The van der Waals surface area contributed by atoms with Crippen molar-refractivity contribution < 1.29 is 5.11 Å². The first-order valence-corrected chi connectivity index (χ1v) is 9.10. The molecule has 120 valence electrons. The van der Waals surface area contributed by atoms with E-state index in [4.69, 9.17) is 0 Å². The lowest BCUT2D eigenvalue weighted by atomic mass is 9.43. The van der Waals surface area contributed by atoms with Crippen molar-refractivity contribution >= 4 is 0 Å². The Morgan fingerprint density at radius 3 is 2.55 bits per heavy atom. The van der Waals surface area contributed by atoms with Crippen LogP contribution < -0.4 is 0 Å². The molecule has 0 saturated heterocycles. The fraction of sp³-hybridized carbons (Fsp3) is 0.714. The number of benzene rings is 1. The largest absolute Gasteiger partial charge is 0.508 e. The minimum absolute atomic E-state index is 0.321. The molecular weight excluding hydrogens is 268 g/mol. The minimum atomic E-state index is 0.321. The van der Waals surface area contributed by atoms with Crippen LogP contribution in [0.15, 0.2) is 18.2 Å². The highest BCUT2D eigenvalue weighted by Crippen LogP contribution is 2.67. The molecule has 1 N–H and O–H groups in total. The highest BCUT2D eigenvalue weighted by atomic mass is 16.3. The molecule has 0 aromatic heterocycles. The van der Waals surface area contributed by atoms with E-state index in [2.05, 4.69) is 33.8 Å². The zero-order valence-electron chi connectivity index (χ0n) is 14.6. The summed E-state index contributed by atoms with van der Waals surface area (Å²) < 4.78 is 0. The Hall–Kier alpha value is -0.980. The second-order valence-electron chi connectivity index (χ2n) is 9.45. The number of hydrogen-bond donors (Lipinski definition) is 1. The van der Waals surface area contributed by atoms with E-state index in [0.717, 1.165) is 11.8 Å². The monoisotopic (exact) mass is 298 g/mol. The number of phenolic OH excluding ortho intramolecular Hbond substituents is 1. The topological polar surface area (TPSA) is 20.2 Å². The van der Waals surface area contributed by atoms with E-state index in [1.165, 1.54) is 49.7 Å². The van der Waals surface area contributed by atoms with Gasteiger partial charge in [0.2, 0.25) is 0 Å². The van der Waals surface area contributed by atoms with Crippen molar-refractivity contribution in [3.05, 3.63) is 29.3 Å². The molecule has 1 aromatic carbocycles. The van der Waals surface area contributed by atoms with Gasteiger partial charge < -0.3 is 5.11 Å². The Bertz CT molecular complexity index is 616. The Balaban J connectivity index is 1.81. The molecule has 0 bridgehead atoms. The van der Waals surface area contributed by atoms with Crippen LogP contribution in [0.25, 0.3) is 0 Å². The summed E-state index contributed by atoms with van der Waals surface area (Å²) in [5.41, 5.74) is 4.21. The van der Waals surface area contributed by atoms with Gasteiger partial charge in [0.15, 0.2) is 0 Å². The fourth-order valence-electron chi connectivity index (χ4n) is 6.96. The molecule has 22 heavy (non-hydrogen) atoms. The SMILES string of the molecule is CC1(C)CCC[C@]2(C)[C@H]3Cc4cc(O)ccc4[C@]3(C)CC[C@@H]12. The normalized spacial score (nSPS) is 42.4. The Kier molecular flexibility index (Phi) is 2.86. The van der Waals surface area contributed by atoms with Gasteiger partial charge >= 0.3 is 0 Å². The van der Waals surface area contributed by atoms with Gasteiger partial charge in [-0.2, -0.15) is 0 Å². The summed E-state index contributed by atoms with van der Waals surface area (Å²) in [5.74, 6) is 2.04. The molecule has 2 fully saturated rings. The Labute approximate surface area is 135 Å². The lowest BCUT2D eigenvalue weighted by Crippen LogP contribution is -2.55. The van der Waals surface area contributed by atoms with Gasteiger partial charge in [0.1, 0.15) is 5.75 Å². The van der Waals surface area contributed by atoms with Crippen LogP contribution in [0.5, 0.6) is 5.75 Å². The van der Waals surface area contributed by atoms with Crippen molar-refractivity contribution in [3.63, 3.8) is 0 Å². The first kappa shape index (κ1) is 14.6. The van der Waals surface area contributed by atoms with Crippen LogP contribution >= 0.6 is 0 Å². The van der Waals surface area contributed by atoms with E-state index in [9.17, 15) is 5.11 Å². The van der Waals surface area contributed by atoms with Gasteiger partial charge in [-0.05, 0) is 83.4 Å². The molecule has 0 heterocycles. The third-order valence-corrected chi connectivity index (χ3v) is 7.92. The highest BCUT2D eigenvalue weighted by molar-refractivity contribution is 5.46. The van der Waals surface area contributed by atoms with Crippen molar-refractivity contribution in [3.8, 4) is 5.75 Å². The number of hydrogen-bond acceptors (Lipinski definition) is 1. The lowest BCUT2D eigenvalue weighted by Gasteiger charge is -2.61. The van der Waals surface area contributed by atoms with Crippen LogP contribution in [0.2, 0.25) is 0 Å². The average molecular weight is 298 g/mol. The fourth-order valence-corrected chi connectivity index (χ4v) is 6.96. The van der Waals surface area contributed by atoms with Crippen LogP contribution in [0, 0.1) is 22.7 Å². The highest BCUT2D eigenvalue weighted by Gasteiger charge is 2.60. The maximum atomic E-state index is 9.89. The molecule has 0 unspecified atom stereocenters. The van der Waals surface area contributed by atoms with Gasteiger partial charge in [-0.1, -0.05) is 40.2 Å². The molecule has 0 aliphatic heterocycles. The van der Waals surface area contributed by atoms with Crippen molar-refractivity contribution in [1.82, 2.24) is 0 Å². The standard InChI is InChI=1S/C21H30O/c1-19(2)9-5-10-21(4)17(19)8-11-20(3)16-7-6-15(22)12-14(16)13-18(20)21/h6-7,12,17-18,22H,5,8-11,13H2,1-4H3/t17-,18-,20-,21-/m0/s1. The van der Waals surface area contributed by atoms with Crippen LogP contribution in [0.1, 0.15) is 70.9 Å². The second kappa shape index (κ2) is 4.30. The average Bonchev–Trinajstić information content (AvgIpc) is 2.71. The van der Waals surface area contributed by atoms with Gasteiger partial charge in [-0.15, -0.1) is 0 Å². The van der Waals surface area contributed by atoms with Crippen molar-refractivity contribution in [2.75, 3.05) is 0 Å². The summed E-state index contributed by atoms with van der Waals surface area (Å²) in [5, 5.41) is 9.89. The molecule has 1 nitrogen and oxygen atoms in total. The number of rotatable bonds is 0. The van der Waals surface area contributed by atoms with Gasteiger partial charge in [0.05, 0.1) is 0 Å². The predicted molar refractivity (Wildman–Crippen MR) is 91.1 cm³/mol. The molecule has 0 amide bonds. The second-order valence-corrected chi connectivity index (χ2v) is 9.45. The lowest BCUT2D eigenvalue weighted by molar-refractivity contribution is -0.0982. The summed E-state index contributed by atoms with van der Waals surface area (Å²) in [7, 11) is 0. The third-order valence-electron chi connectivity index (χ3n) is 7.92. The molecule has 2 saturated carbocycles. The molecule has 1 aromatic rings. The minimum Gasteiger partial charge on any atom is -0.508 e. The third kappa shape index (κ3) is 1.71. The maximum Gasteiger partial charge on any atom is 0.115 e. The molecule has 0 spiro atoms. The van der Waals surface area contributed by atoms with Gasteiger partial charge in [0, 0.05) is 0 Å². The number of phenols is 1. The van der Waals surface area contributed by atoms with Gasteiger partial charge in [-0.3, -0.25) is 0 Å². The maximum absolute atomic E-state index is 9.89. The number of fused-ring (bicyclic) bond motifs is 5. The summed E-state index contributed by atoms with van der Waals surface area (Å²) in [6.45, 7) is 10.1. The molecule has 3 aliphatic rings. The zero-order chi connectivity index (χ0) is 15.8. The summed E-state index contributed by atoms with van der Waals surface area (Å²) in [6, 6.07) is 6.14. The van der Waals surface area contributed by atoms with Gasteiger partial charge in [0.25, 0.3) is 0 Å².